The van der Waals surface area contributed by atoms with Crippen LogP contribution in [-0.4, -0.2) is 22.2 Å². The molecule has 0 aliphatic heterocycles. The van der Waals surface area contributed by atoms with E-state index in [4.69, 9.17) is 5.11 Å². The van der Waals surface area contributed by atoms with Crippen molar-refractivity contribution in [1.29, 1.82) is 0 Å². The van der Waals surface area contributed by atoms with Crippen molar-refractivity contribution in [1.82, 2.24) is 0 Å². The molecule has 2 N–H and O–H groups in total. The number of carboxylic acid groups (broad SMARTS) is 2. The molecule has 178 valence electrons. The lowest BCUT2D eigenvalue weighted by molar-refractivity contribution is -0.151. The summed E-state index contributed by atoms with van der Waals surface area (Å²) in [5, 5.41) is 18.6. The summed E-state index contributed by atoms with van der Waals surface area (Å²) in [5.74, 6) is -0.718. The average Bonchev–Trinajstić information content (AvgIpc) is 2.72. The van der Waals surface area contributed by atoms with Gasteiger partial charge in [0.05, 0.1) is 5.41 Å². The third-order valence-corrected chi connectivity index (χ3v) is 6.90. The van der Waals surface area contributed by atoms with Crippen LogP contribution in [0.4, 0.5) is 0 Å². The van der Waals surface area contributed by atoms with Crippen LogP contribution < -0.4 is 0 Å². The SMILES string of the molecule is CCCCC(CC)CC(CC)(CCCCCCCCCCCCCC(=O)O)C(=O)O. The van der Waals surface area contributed by atoms with Gasteiger partial charge in [-0.25, -0.2) is 0 Å². The summed E-state index contributed by atoms with van der Waals surface area (Å²) < 4.78 is 0. The fraction of sp³-hybridized carbons (Fsp3) is 0.923. The highest BCUT2D eigenvalue weighted by Gasteiger charge is 2.37. The maximum absolute atomic E-state index is 12.1. The lowest BCUT2D eigenvalue weighted by atomic mass is 9.72. The first-order chi connectivity index (χ1) is 14.4. The first kappa shape index (κ1) is 28.9. The van der Waals surface area contributed by atoms with Crippen LogP contribution in [0, 0.1) is 11.3 Å². The first-order valence-corrected chi connectivity index (χ1v) is 12.9. The van der Waals surface area contributed by atoms with E-state index in [-0.39, 0.29) is 0 Å². The van der Waals surface area contributed by atoms with Crippen LogP contribution in [0.5, 0.6) is 0 Å². The maximum atomic E-state index is 12.1. The number of carboxylic acids is 2. The van der Waals surface area contributed by atoms with Gasteiger partial charge in [-0.1, -0.05) is 111 Å². The summed E-state index contributed by atoms with van der Waals surface area (Å²) in [6.07, 6.45) is 20.0. The Morgan fingerprint density at radius 3 is 1.63 bits per heavy atom. The Balaban J connectivity index is 3.94. The summed E-state index contributed by atoms with van der Waals surface area (Å²) in [5.41, 5.74) is -0.519. The fourth-order valence-electron chi connectivity index (χ4n) is 4.60. The first-order valence-electron chi connectivity index (χ1n) is 12.9. The summed E-state index contributed by atoms with van der Waals surface area (Å²) in [7, 11) is 0. The normalized spacial score (nSPS) is 14.4. The fourth-order valence-corrected chi connectivity index (χ4v) is 4.60. The van der Waals surface area contributed by atoms with Crippen LogP contribution in [0.2, 0.25) is 0 Å². The average molecular weight is 427 g/mol. The lowest BCUT2D eigenvalue weighted by Gasteiger charge is -2.32. The molecule has 0 rings (SSSR count). The maximum Gasteiger partial charge on any atom is 0.309 e. The Bertz CT molecular complexity index is 435. The van der Waals surface area contributed by atoms with Gasteiger partial charge in [-0.05, 0) is 31.6 Å². The molecular weight excluding hydrogens is 376 g/mol. The van der Waals surface area contributed by atoms with Gasteiger partial charge in [-0.2, -0.15) is 0 Å². The molecule has 0 saturated heterocycles. The minimum absolute atomic E-state index is 0.305. The molecule has 0 bridgehead atoms. The summed E-state index contributed by atoms with van der Waals surface area (Å²) in [6, 6.07) is 0. The van der Waals surface area contributed by atoms with Gasteiger partial charge in [-0.15, -0.1) is 0 Å². The van der Waals surface area contributed by atoms with E-state index in [1.54, 1.807) is 0 Å². The molecule has 0 fully saturated rings. The number of rotatable bonds is 22. The monoisotopic (exact) mass is 426 g/mol. The van der Waals surface area contributed by atoms with Crippen LogP contribution >= 0.6 is 0 Å². The minimum Gasteiger partial charge on any atom is -0.481 e. The third kappa shape index (κ3) is 14.0. The minimum atomic E-state index is -0.684. The third-order valence-electron chi connectivity index (χ3n) is 6.90. The zero-order valence-corrected chi connectivity index (χ0v) is 20.2. The lowest BCUT2D eigenvalue weighted by Crippen LogP contribution is -2.33. The molecule has 0 aromatic heterocycles. The summed E-state index contributed by atoms with van der Waals surface area (Å²) in [6.45, 7) is 6.47. The molecule has 0 heterocycles. The number of hydrogen-bond donors (Lipinski definition) is 2. The molecule has 4 nitrogen and oxygen atoms in total. The van der Waals surface area contributed by atoms with E-state index in [0.717, 1.165) is 57.8 Å². The van der Waals surface area contributed by atoms with Gasteiger partial charge in [0, 0.05) is 6.42 Å². The molecule has 0 amide bonds. The largest absolute Gasteiger partial charge is 0.481 e. The molecular formula is C26H50O4. The van der Waals surface area contributed by atoms with Crippen LogP contribution in [0.15, 0.2) is 0 Å². The molecule has 0 aromatic rings. The second kappa shape index (κ2) is 18.7. The van der Waals surface area contributed by atoms with Crippen molar-refractivity contribution in [3.63, 3.8) is 0 Å². The molecule has 0 radical (unpaired) electrons. The standard InChI is InChI=1S/C26H50O4/c1-4-7-19-23(5-2)22-26(6-3,25(29)30)21-18-16-14-12-10-8-9-11-13-15-17-20-24(27)28/h23H,4-22H2,1-3H3,(H,27,28)(H,29,30). The van der Waals surface area contributed by atoms with Crippen molar-refractivity contribution < 1.29 is 19.8 Å². The van der Waals surface area contributed by atoms with Gasteiger partial charge in [0.25, 0.3) is 0 Å². The molecule has 2 atom stereocenters. The highest BCUT2D eigenvalue weighted by molar-refractivity contribution is 5.74. The quantitative estimate of drug-likeness (QED) is 0.171. The van der Waals surface area contributed by atoms with Crippen LogP contribution in [0.25, 0.3) is 0 Å². The molecule has 0 saturated carbocycles. The van der Waals surface area contributed by atoms with Crippen LogP contribution in [-0.2, 0) is 9.59 Å². The Morgan fingerprint density at radius 2 is 1.23 bits per heavy atom. The van der Waals surface area contributed by atoms with Crippen molar-refractivity contribution in [2.24, 2.45) is 11.3 Å². The molecule has 0 aliphatic rings. The molecule has 4 heteroatoms. The number of aliphatic carboxylic acids is 2. The van der Waals surface area contributed by atoms with Crippen molar-refractivity contribution in [3.8, 4) is 0 Å². The number of hydrogen-bond acceptors (Lipinski definition) is 2. The number of carbonyl (C=O) groups is 2. The Morgan fingerprint density at radius 1 is 0.733 bits per heavy atom. The van der Waals surface area contributed by atoms with E-state index in [9.17, 15) is 14.7 Å². The zero-order valence-electron chi connectivity index (χ0n) is 20.2. The van der Waals surface area contributed by atoms with E-state index >= 15 is 0 Å². The smallest absolute Gasteiger partial charge is 0.309 e. The van der Waals surface area contributed by atoms with Gasteiger partial charge in [0.1, 0.15) is 0 Å². The van der Waals surface area contributed by atoms with Gasteiger partial charge in [0.15, 0.2) is 0 Å². The van der Waals surface area contributed by atoms with E-state index < -0.39 is 17.4 Å². The highest BCUT2D eigenvalue weighted by Crippen LogP contribution is 2.39. The van der Waals surface area contributed by atoms with Gasteiger partial charge in [0.2, 0.25) is 0 Å². The van der Waals surface area contributed by atoms with Crippen molar-refractivity contribution in [2.45, 2.75) is 143 Å². The van der Waals surface area contributed by atoms with Gasteiger partial charge in [-0.3, -0.25) is 9.59 Å². The Labute approximate surface area is 186 Å². The summed E-state index contributed by atoms with van der Waals surface area (Å²) >= 11 is 0. The topological polar surface area (TPSA) is 74.6 Å². The van der Waals surface area contributed by atoms with Crippen molar-refractivity contribution >= 4 is 11.9 Å². The van der Waals surface area contributed by atoms with Crippen LogP contribution in [0.3, 0.4) is 0 Å². The van der Waals surface area contributed by atoms with E-state index in [1.165, 1.54) is 57.8 Å². The molecule has 0 aromatic carbocycles. The predicted octanol–water partition coefficient (Wildman–Crippen LogP) is 8.23. The summed E-state index contributed by atoms with van der Waals surface area (Å²) in [4.78, 5) is 22.6. The van der Waals surface area contributed by atoms with Gasteiger partial charge >= 0.3 is 11.9 Å². The molecule has 0 aliphatic carbocycles. The van der Waals surface area contributed by atoms with Crippen molar-refractivity contribution in [3.05, 3.63) is 0 Å². The van der Waals surface area contributed by atoms with E-state index in [1.807, 2.05) is 0 Å². The second-order valence-corrected chi connectivity index (χ2v) is 9.34. The van der Waals surface area contributed by atoms with Crippen LogP contribution in [0.1, 0.15) is 143 Å². The van der Waals surface area contributed by atoms with E-state index in [2.05, 4.69) is 20.8 Å². The molecule has 30 heavy (non-hydrogen) atoms. The Kier molecular flexibility index (Phi) is 18.0. The second-order valence-electron chi connectivity index (χ2n) is 9.34. The van der Waals surface area contributed by atoms with E-state index in [0.29, 0.717) is 12.3 Å². The predicted molar refractivity (Wildman–Crippen MR) is 126 cm³/mol. The zero-order chi connectivity index (χ0) is 22.7. The molecule has 2 unspecified atom stereocenters. The molecule has 0 spiro atoms. The van der Waals surface area contributed by atoms with Gasteiger partial charge < -0.3 is 10.2 Å². The Hall–Kier alpha value is -1.06. The highest BCUT2D eigenvalue weighted by atomic mass is 16.4. The number of unbranched alkanes of at least 4 members (excludes halogenated alkanes) is 11. The van der Waals surface area contributed by atoms with Crippen molar-refractivity contribution in [2.75, 3.05) is 0 Å².